The van der Waals surface area contributed by atoms with E-state index in [4.69, 9.17) is 10.5 Å². The second kappa shape index (κ2) is 7.69. The lowest BCUT2D eigenvalue weighted by molar-refractivity contribution is 0.306. The van der Waals surface area contributed by atoms with Gasteiger partial charge in [-0.25, -0.2) is 9.37 Å². The van der Waals surface area contributed by atoms with Crippen molar-refractivity contribution in [1.82, 2.24) is 4.98 Å². The molecule has 0 saturated heterocycles. The van der Waals surface area contributed by atoms with Crippen molar-refractivity contribution in [3.63, 3.8) is 0 Å². The first-order chi connectivity index (χ1) is 13.7. The summed E-state index contributed by atoms with van der Waals surface area (Å²) < 4.78 is 18.8. The summed E-state index contributed by atoms with van der Waals surface area (Å²) in [7, 11) is 0. The molecule has 28 heavy (non-hydrogen) atoms. The highest BCUT2D eigenvalue weighted by molar-refractivity contribution is 5.79. The van der Waals surface area contributed by atoms with Crippen molar-refractivity contribution in [2.45, 2.75) is 32.3 Å². The first-order valence-electron chi connectivity index (χ1n) is 9.34. The summed E-state index contributed by atoms with van der Waals surface area (Å²) in [5.74, 6) is 0.749. The Labute approximate surface area is 163 Å². The van der Waals surface area contributed by atoms with Crippen LogP contribution in [0.1, 0.15) is 35.2 Å². The van der Waals surface area contributed by atoms with E-state index in [1.807, 2.05) is 24.3 Å². The molecular formula is C23H20FN3O. The standard InChI is InChI=1S/C23H20FN3O/c24-17-9-5-15(6-10-17)14-28-18-11-7-16(8-12-18)22-19-3-1-2-4-21(19)27-23(26)20(22)13-25/h5-12H,1-4,14H2,(H2,26,27). The number of anilines is 1. The molecule has 1 aliphatic carbocycles. The van der Waals surface area contributed by atoms with Crippen molar-refractivity contribution in [2.24, 2.45) is 0 Å². The van der Waals surface area contributed by atoms with Gasteiger partial charge in [-0.15, -0.1) is 0 Å². The molecule has 4 nitrogen and oxygen atoms in total. The summed E-state index contributed by atoms with van der Waals surface area (Å²) in [6, 6.07) is 16.1. The summed E-state index contributed by atoms with van der Waals surface area (Å²) in [4.78, 5) is 4.46. The Balaban J connectivity index is 1.61. The van der Waals surface area contributed by atoms with Crippen LogP contribution in [0.3, 0.4) is 0 Å². The van der Waals surface area contributed by atoms with Gasteiger partial charge in [-0.2, -0.15) is 5.26 Å². The maximum atomic E-state index is 13.0. The molecule has 0 saturated carbocycles. The number of pyridine rings is 1. The second-order valence-electron chi connectivity index (χ2n) is 6.93. The van der Waals surface area contributed by atoms with Crippen molar-refractivity contribution in [3.8, 4) is 22.9 Å². The zero-order valence-electron chi connectivity index (χ0n) is 15.4. The first-order valence-corrected chi connectivity index (χ1v) is 9.34. The van der Waals surface area contributed by atoms with Gasteiger partial charge in [-0.05, 0) is 66.6 Å². The molecule has 0 amide bonds. The number of ether oxygens (including phenoxy) is 1. The van der Waals surface area contributed by atoms with Crippen molar-refractivity contribution < 1.29 is 9.13 Å². The second-order valence-corrected chi connectivity index (χ2v) is 6.93. The fraction of sp³-hybridized carbons (Fsp3) is 0.217. The predicted octanol–water partition coefficient (Wildman–Crippen LogP) is 4.80. The molecule has 0 fully saturated rings. The normalized spacial score (nSPS) is 12.9. The Bertz CT molecular complexity index is 1040. The summed E-state index contributed by atoms with van der Waals surface area (Å²) in [5.41, 5.74) is 11.4. The quantitative estimate of drug-likeness (QED) is 0.713. The maximum absolute atomic E-state index is 13.0. The molecular weight excluding hydrogens is 353 g/mol. The van der Waals surface area contributed by atoms with Crippen molar-refractivity contribution >= 4 is 5.82 Å². The topological polar surface area (TPSA) is 71.9 Å². The van der Waals surface area contributed by atoms with Gasteiger partial charge in [0.05, 0.1) is 0 Å². The predicted molar refractivity (Wildman–Crippen MR) is 106 cm³/mol. The number of rotatable bonds is 4. The van der Waals surface area contributed by atoms with Crippen LogP contribution in [0.2, 0.25) is 0 Å². The van der Waals surface area contributed by atoms with E-state index >= 15 is 0 Å². The molecule has 0 spiro atoms. The van der Waals surface area contributed by atoms with Crippen LogP contribution < -0.4 is 10.5 Å². The smallest absolute Gasteiger partial charge is 0.142 e. The molecule has 0 radical (unpaired) electrons. The third kappa shape index (κ3) is 3.54. The molecule has 0 bridgehead atoms. The highest BCUT2D eigenvalue weighted by Gasteiger charge is 2.21. The highest BCUT2D eigenvalue weighted by Crippen LogP contribution is 2.36. The summed E-state index contributed by atoms with van der Waals surface area (Å²) in [6.07, 6.45) is 4.00. The number of aryl methyl sites for hydroxylation is 1. The lowest BCUT2D eigenvalue weighted by atomic mass is 9.86. The van der Waals surface area contributed by atoms with Gasteiger partial charge >= 0.3 is 0 Å². The number of benzene rings is 2. The van der Waals surface area contributed by atoms with Gasteiger partial charge in [0.2, 0.25) is 0 Å². The molecule has 140 valence electrons. The average molecular weight is 373 g/mol. The SMILES string of the molecule is N#Cc1c(N)nc2c(c1-c1ccc(OCc3ccc(F)cc3)cc1)CCCC2. The Morgan fingerprint density at radius 1 is 1.04 bits per heavy atom. The Morgan fingerprint density at radius 3 is 2.46 bits per heavy atom. The number of nitrogen functional groups attached to an aromatic ring is 1. The van der Waals surface area contributed by atoms with Crippen molar-refractivity contribution in [2.75, 3.05) is 5.73 Å². The Hall–Kier alpha value is -3.39. The van der Waals surface area contributed by atoms with E-state index in [1.165, 1.54) is 12.1 Å². The minimum absolute atomic E-state index is 0.263. The summed E-state index contributed by atoms with van der Waals surface area (Å²) in [6.45, 7) is 0.362. The monoisotopic (exact) mass is 373 g/mol. The summed E-state index contributed by atoms with van der Waals surface area (Å²) in [5, 5.41) is 9.63. The minimum Gasteiger partial charge on any atom is -0.489 e. The van der Waals surface area contributed by atoms with Gasteiger partial charge in [0.15, 0.2) is 0 Å². The third-order valence-corrected chi connectivity index (χ3v) is 5.08. The largest absolute Gasteiger partial charge is 0.489 e. The van der Waals surface area contributed by atoms with E-state index in [2.05, 4.69) is 11.1 Å². The number of aromatic nitrogens is 1. The highest BCUT2D eigenvalue weighted by atomic mass is 19.1. The molecule has 5 heteroatoms. The number of nitriles is 1. The fourth-order valence-electron chi connectivity index (χ4n) is 3.66. The number of nitrogens with zero attached hydrogens (tertiary/aromatic N) is 2. The molecule has 0 aliphatic heterocycles. The number of hydrogen-bond donors (Lipinski definition) is 1. The fourth-order valence-corrected chi connectivity index (χ4v) is 3.66. The van der Waals surface area contributed by atoms with Crippen molar-refractivity contribution in [3.05, 3.63) is 76.7 Å². The van der Waals surface area contributed by atoms with E-state index in [1.54, 1.807) is 12.1 Å². The van der Waals surface area contributed by atoms with Gasteiger partial charge in [-0.1, -0.05) is 24.3 Å². The van der Waals surface area contributed by atoms with E-state index in [0.29, 0.717) is 23.7 Å². The third-order valence-electron chi connectivity index (χ3n) is 5.08. The minimum atomic E-state index is -0.263. The molecule has 1 aromatic heterocycles. The maximum Gasteiger partial charge on any atom is 0.142 e. The van der Waals surface area contributed by atoms with Crippen LogP contribution in [0.25, 0.3) is 11.1 Å². The molecule has 4 rings (SSSR count). The summed E-state index contributed by atoms with van der Waals surface area (Å²) >= 11 is 0. The van der Waals surface area contributed by atoms with Crippen LogP contribution >= 0.6 is 0 Å². The van der Waals surface area contributed by atoms with Crippen LogP contribution in [0, 0.1) is 17.1 Å². The number of nitrogens with two attached hydrogens (primary N) is 1. The molecule has 1 heterocycles. The van der Waals surface area contributed by atoms with Crippen molar-refractivity contribution in [1.29, 1.82) is 5.26 Å². The van der Waals surface area contributed by atoms with Gasteiger partial charge in [-0.3, -0.25) is 0 Å². The molecule has 0 atom stereocenters. The van der Waals surface area contributed by atoms with Crippen LogP contribution in [-0.2, 0) is 19.4 Å². The molecule has 0 unspecified atom stereocenters. The van der Waals surface area contributed by atoms with Gasteiger partial charge in [0, 0.05) is 11.3 Å². The van der Waals surface area contributed by atoms with E-state index < -0.39 is 0 Å². The van der Waals surface area contributed by atoms with Gasteiger partial charge in [0.1, 0.15) is 35.6 Å². The van der Waals surface area contributed by atoms with Gasteiger partial charge < -0.3 is 10.5 Å². The van der Waals surface area contributed by atoms with Crippen LogP contribution in [0.4, 0.5) is 10.2 Å². The lowest BCUT2D eigenvalue weighted by Crippen LogP contribution is -2.11. The van der Waals surface area contributed by atoms with E-state index in [-0.39, 0.29) is 5.82 Å². The lowest BCUT2D eigenvalue weighted by Gasteiger charge is -2.21. The average Bonchev–Trinajstić information content (AvgIpc) is 2.73. The zero-order valence-corrected chi connectivity index (χ0v) is 15.4. The number of fused-ring (bicyclic) bond motifs is 1. The van der Waals surface area contributed by atoms with E-state index in [0.717, 1.165) is 53.6 Å². The van der Waals surface area contributed by atoms with Crippen LogP contribution in [0.15, 0.2) is 48.5 Å². The molecule has 3 aromatic rings. The van der Waals surface area contributed by atoms with Crippen LogP contribution in [-0.4, -0.2) is 4.98 Å². The van der Waals surface area contributed by atoms with Crippen LogP contribution in [0.5, 0.6) is 5.75 Å². The first kappa shape index (κ1) is 18.0. The molecule has 2 N–H and O–H groups in total. The van der Waals surface area contributed by atoms with E-state index in [9.17, 15) is 9.65 Å². The molecule has 1 aliphatic rings. The Kier molecular flexibility index (Phi) is 4.94. The van der Waals surface area contributed by atoms with Gasteiger partial charge in [0.25, 0.3) is 0 Å². The Morgan fingerprint density at radius 2 is 1.75 bits per heavy atom. The molecule has 2 aromatic carbocycles. The number of hydrogen-bond acceptors (Lipinski definition) is 4. The number of halogens is 1. The zero-order chi connectivity index (χ0) is 19.5.